The van der Waals surface area contributed by atoms with Crippen molar-refractivity contribution in [1.82, 2.24) is 0 Å². The third kappa shape index (κ3) is 1.51. The van der Waals surface area contributed by atoms with Crippen LogP contribution in [0.25, 0.3) is 0 Å². The van der Waals surface area contributed by atoms with Gasteiger partial charge < -0.3 is 4.74 Å². The molecule has 1 spiro atoms. The first-order valence-corrected chi connectivity index (χ1v) is 6.89. The summed E-state index contributed by atoms with van der Waals surface area (Å²) in [6.45, 7) is 2.04. The number of ketones is 1. The monoisotopic (exact) mass is 244 g/mol. The first kappa shape index (κ1) is 11.8. The van der Waals surface area contributed by atoms with Crippen LogP contribution in [-0.2, 0) is 6.42 Å². The minimum atomic E-state index is -0.0972. The number of Topliss-reactive ketones (excluding diaryl/α,β-unsaturated/α-hetero) is 1. The molecule has 1 saturated carbocycles. The molecular formula is C16H20O2. The van der Waals surface area contributed by atoms with Crippen LogP contribution in [0.4, 0.5) is 0 Å². The van der Waals surface area contributed by atoms with Crippen molar-refractivity contribution < 1.29 is 9.53 Å². The average Bonchev–Trinajstić information content (AvgIpc) is 2.66. The van der Waals surface area contributed by atoms with E-state index in [1.54, 1.807) is 7.11 Å². The van der Waals surface area contributed by atoms with Gasteiger partial charge in [0.15, 0.2) is 5.78 Å². The van der Waals surface area contributed by atoms with Gasteiger partial charge in [0.1, 0.15) is 5.75 Å². The minimum Gasteiger partial charge on any atom is -0.496 e. The smallest absolute Gasteiger partial charge is 0.170 e. The minimum absolute atomic E-state index is 0.0972. The molecular weight excluding hydrogens is 224 g/mol. The van der Waals surface area contributed by atoms with Gasteiger partial charge in [-0.05, 0) is 37.8 Å². The van der Waals surface area contributed by atoms with Gasteiger partial charge in [-0.25, -0.2) is 0 Å². The quantitative estimate of drug-likeness (QED) is 0.753. The number of hydrogen-bond acceptors (Lipinski definition) is 2. The Hall–Kier alpha value is -1.31. The molecule has 0 saturated heterocycles. The molecule has 1 aromatic carbocycles. The summed E-state index contributed by atoms with van der Waals surface area (Å²) in [5.74, 6) is 1.28. The number of ether oxygens (including phenoxy) is 1. The summed E-state index contributed by atoms with van der Waals surface area (Å²) in [5.41, 5.74) is 3.12. The van der Waals surface area contributed by atoms with E-state index >= 15 is 0 Å². The van der Waals surface area contributed by atoms with E-state index in [1.807, 2.05) is 19.1 Å². The second-order valence-corrected chi connectivity index (χ2v) is 5.79. The summed E-state index contributed by atoms with van der Waals surface area (Å²) >= 11 is 0. The molecule has 2 aliphatic carbocycles. The zero-order valence-corrected chi connectivity index (χ0v) is 11.2. The van der Waals surface area contributed by atoms with E-state index in [-0.39, 0.29) is 5.41 Å². The zero-order chi connectivity index (χ0) is 12.8. The number of rotatable bonds is 1. The Kier molecular flexibility index (Phi) is 2.69. The van der Waals surface area contributed by atoms with Crippen LogP contribution >= 0.6 is 0 Å². The van der Waals surface area contributed by atoms with Crippen LogP contribution in [0.3, 0.4) is 0 Å². The van der Waals surface area contributed by atoms with Crippen LogP contribution < -0.4 is 4.74 Å². The molecule has 1 fully saturated rings. The fourth-order valence-corrected chi connectivity index (χ4v) is 3.74. The van der Waals surface area contributed by atoms with Gasteiger partial charge in [-0.15, -0.1) is 0 Å². The normalized spacial score (nSPS) is 21.1. The zero-order valence-electron chi connectivity index (χ0n) is 11.2. The predicted molar refractivity (Wildman–Crippen MR) is 71.3 cm³/mol. The molecule has 3 rings (SSSR count). The highest BCUT2D eigenvalue weighted by atomic mass is 16.5. The SMILES string of the molecule is COc1ccc(C)c2c1CC1(CCCCC1)C2=O. The third-order valence-electron chi connectivity index (χ3n) is 4.73. The topological polar surface area (TPSA) is 26.3 Å². The van der Waals surface area contributed by atoms with Crippen LogP contribution in [0.5, 0.6) is 5.75 Å². The van der Waals surface area contributed by atoms with Gasteiger partial charge in [-0.3, -0.25) is 4.79 Å². The van der Waals surface area contributed by atoms with Crippen molar-refractivity contribution in [3.63, 3.8) is 0 Å². The van der Waals surface area contributed by atoms with E-state index in [1.165, 1.54) is 19.3 Å². The molecule has 0 atom stereocenters. The molecule has 2 nitrogen and oxygen atoms in total. The average molecular weight is 244 g/mol. The highest BCUT2D eigenvalue weighted by Crippen LogP contribution is 2.50. The van der Waals surface area contributed by atoms with Crippen molar-refractivity contribution >= 4 is 5.78 Å². The fourth-order valence-electron chi connectivity index (χ4n) is 3.74. The molecule has 0 unspecified atom stereocenters. The Morgan fingerprint density at radius 3 is 2.56 bits per heavy atom. The maximum Gasteiger partial charge on any atom is 0.170 e. The standard InChI is InChI=1S/C16H20O2/c1-11-6-7-13(18-2)12-10-16(15(17)14(11)12)8-4-3-5-9-16/h6-7H,3-5,8-10H2,1-2H3. The van der Waals surface area contributed by atoms with Gasteiger partial charge in [0, 0.05) is 16.5 Å². The van der Waals surface area contributed by atoms with Gasteiger partial charge in [0.05, 0.1) is 7.11 Å². The van der Waals surface area contributed by atoms with Gasteiger partial charge >= 0.3 is 0 Å². The number of benzene rings is 1. The van der Waals surface area contributed by atoms with E-state index in [2.05, 4.69) is 0 Å². The van der Waals surface area contributed by atoms with Crippen LogP contribution in [0, 0.1) is 12.3 Å². The van der Waals surface area contributed by atoms with E-state index in [0.717, 1.165) is 41.7 Å². The number of hydrogen-bond donors (Lipinski definition) is 0. The van der Waals surface area contributed by atoms with E-state index in [9.17, 15) is 4.79 Å². The van der Waals surface area contributed by atoms with Crippen molar-refractivity contribution in [2.45, 2.75) is 45.4 Å². The van der Waals surface area contributed by atoms with Gasteiger partial charge in [0.25, 0.3) is 0 Å². The summed E-state index contributed by atoms with van der Waals surface area (Å²) in [4.78, 5) is 12.8. The van der Waals surface area contributed by atoms with Crippen LogP contribution in [-0.4, -0.2) is 12.9 Å². The highest BCUT2D eigenvalue weighted by Gasteiger charge is 2.47. The summed E-state index contributed by atoms with van der Waals surface area (Å²) in [6, 6.07) is 4.01. The largest absolute Gasteiger partial charge is 0.496 e. The molecule has 0 radical (unpaired) electrons. The molecule has 0 amide bonds. The van der Waals surface area contributed by atoms with E-state index in [0.29, 0.717) is 5.78 Å². The number of aryl methyl sites for hydroxylation is 1. The molecule has 0 aliphatic heterocycles. The van der Waals surface area contributed by atoms with Crippen molar-refractivity contribution in [2.24, 2.45) is 5.41 Å². The second-order valence-electron chi connectivity index (χ2n) is 5.79. The molecule has 0 heterocycles. The lowest BCUT2D eigenvalue weighted by Crippen LogP contribution is -2.30. The first-order chi connectivity index (χ1) is 8.68. The third-order valence-corrected chi connectivity index (χ3v) is 4.73. The van der Waals surface area contributed by atoms with E-state index in [4.69, 9.17) is 4.74 Å². The Balaban J connectivity index is 2.10. The molecule has 0 bridgehead atoms. The molecule has 0 aromatic heterocycles. The molecule has 18 heavy (non-hydrogen) atoms. The lowest BCUT2D eigenvalue weighted by Gasteiger charge is -2.31. The van der Waals surface area contributed by atoms with Gasteiger partial charge in [0.2, 0.25) is 0 Å². The van der Waals surface area contributed by atoms with Crippen LogP contribution in [0.1, 0.15) is 53.6 Å². The lowest BCUT2D eigenvalue weighted by molar-refractivity contribution is 0.0747. The highest BCUT2D eigenvalue weighted by molar-refractivity contribution is 6.06. The summed E-state index contributed by atoms with van der Waals surface area (Å²) in [6.07, 6.45) is 6.68. The Labute approximate surface area is 108 Å². The first-order valence-electron chi connectivity index (χ1n) is 6.89. The molecule has 96 valence electrons. The van der Waals surface area contributed by atoms with Crippen molar-refractivity contribution in [2.75, 3.05) is 7.11 Å². The van der Waals surface area contributed by atoms with Crippen molar-refractivity contribution in [3.8, 4) is 5.75 Å². The number of carbonyl (C=O) groups excluding carboxylic acids is 1. The maximum atomic E-state index is 12.8. The molecule has 2 heteroatoms. The number of methoxy groups -OCH3 is 1. The van der Waals surface area contributed by atoms with Gasteiger partial charge in [-0.2, -0.15) is 0 Å². The van der Waals surface area contributed by atoms with Crippen molar-refractivity contribution in [1.29, 1.82) is 0 Å². The Morgan fingerprint density at radius 2 is 1.89 bits per heavy atom. The molecule has 0 N–H and O–H groups in total. The predicted octanol–water partition coefficient (Wildman–Crippen LogP) is 3.69. The Bertz CT molecular complexity index is 496. The summed E-state index contributed by atoms with van der Waals surface area (Å²) in [7, 11) is 1.70. The Morgan fingerprint density at radius 1 is 1.17 bits per heavy atom. The lowest BCUT2D eigenvalue weighted by atomic mass is 9.71. The van der Waals surface area contributed by atoms with Gasteiger partial charge in [-0.1, -0.05) is 25.3 Å². The number of fused-ring (bicyclic) bond motifs is 1. The number of carbonyl (C=O) groups is 1. The van der Waals surface area contributed by atoms with Crippen LogP contribution in [0.2, 0.25) is 0 Å². The molecule has 2 aliphatic rings. The van der Waals surface area contributed by atoms with E-state index < -0.39 is 0 Å². The summed E-state index contributed by atoms with van der Waals surface area (Å²) in [5, 5.41) is 0. The maximum absolute atomic E-state index is 12.8. The van der Waals surface area contributed by atoms with Crippen molar-refractivity contribution in [3.05, 3.63) is 28.8 Å². The molecule has 1 aromatic rings. The summed E-state index contributed by atoms with van der Waals surface area (Å²) < 4.78 is 5.44. The fraction of sp³-hybridized carbons (Fsp3) is 0.562. The second kappa shape index (κ2) is 4.11. The van der Waals surface area contributed by atoms with Crippen LogP contribution in [0.15, 0.2) is 12.1 Å².